The highest BCUT2D eigenvalue weighted by molar-refractivity contribution is 5.43. The summed E-state index contributed by atoms with van der Waals surface area (Å²) in [5.74, 6) is 0.327. The predicted molar refractivity (Wildman–Crippen MR) is 78.2 cm³/mol. The molecule has 0 unspecified atom stereocenters. The van der Waals surface area contributed by atoms with Gasteiger partial charge in [0.2, 0.25) is 0 Å². The second-order valence-corrected chi connectivity index (χ2v) is 4.51. The number of aromatic nitrogens is 5. The fourth-order valence-electron chi connectivity index (χ4n) is 2.01. The highest BCUT2D eigenvalue weighted by Crippen LogP contribution is 2.13. The second-order valence-electron chi connectivity index (χ2n) is 4.51. The fourth-order valence-corrected chi connectivity index (χ4v) is 2.01. The number of benzene rings is 1. The molecule has 2 aromatic heterocycles. The summed E-state index contributed by atoms with van der Waals surface area (Å²) in [5.41, 5.74) is 1.75. The topological polar surface area (TPSA) is 77.6 Å². The lowest BCUT2D eigenvalue weighted by atomic mass is 10.2. The van der Waals surface area contributed by atoms with Crippen LogP contribution in [0.25, 0.3) is 5.69 Å². The van der Waals surface area contributed by atoms with E-state index in [0.717, 1.165) is 11.3 Å². The minimum absolute atomic E-state index is 0.157. The molecule has 0 atom stereocenters. The first-order valence-corrected chi connectivity index (χ1v) is 6.44. The lowest BCUT2D eigenvalue weighted by Gasteiger charge is -2.10. The van der Waals surface area contributed by atoms with Crippen LogP contribution in [0.1, 0.15) is 5.56 Å². The Morgan fingerprint density at radius 2 is 2.14 bits per heavy atom. The van der Waals surface area contributed by atoms with Gasteiger partial charge < -0.3 is 9.88 Å². The Morgan fingerprint density at radius 1 is 1.29 bits per heavy atom. The molecule has 0 bridgehead atoms. The molecule has 2 heterocycles. The molecular weight excluding hydrogens is 268 g/mol. The monoisotopic (exact) mass is 282 g/mol. The molecule has 0 spiro atoms. The molecule has 0 amide bonds. The van der Waals surface area contributed by atoms with Gasteiger partial charge in [-0.3, -0.25) is 4.79 Å². The van der Waals surface area contributed by atoms with E-state index >= 15 is 0 Å². The Balaban J connectivity index is 1.86. The van der Waals surface area contributed by atoms with Crippen LogP contribution in [0.2, 0.25) is 0 Å². The van der Waals surface area contributed by atoms with Crippen molar-refractivity contribution in [2.75, 3.05) is 5.32 Å². The molecule has 7 heteroatoms. The Bertz CT molecular complexity index is 793. The van der Waals surface area contributed by atoms with Crippen molar-refractivity contribution in [2.24, 2.45) is 7.05 Å². The zero-order valence-corrected chi connectivity index (χ0v) is 11.5. The molecule has 106 valence electrons. The molecule has 0 aliphatic carbocycles. The number of hydrogen-bond acceptors (Lipinski definition) is 5. The largest absolute Gasteiger partial charge is 0.361 e. The quantitative estimate of drug-likeness (QED) is 0.771. The van der Waals surface area contributed by atoms with Crippen molar-refractivity contribution in [2.45, 2.75) is 6.54 Å². The number of aryl methyl sites for hydroxylation is 1. The van der Waals surface area contributed by atoms with E-state index in [0.29, 0.717) is 12.4 Å². The van der Waals surface area contributed by atoms with Crippen molar-refractivity contribution in [3.8, 4) is 5.69 Å². The molecule has 1 aromatic carbocycles. The highest BCUT2D eigenvalue weighted by atomic mass is 16.1. The van der Waals surface area contributed by atoms with Gasteiger partial charge in [0.25, 0.3) is 5.56 Å². The minimum atomic E-state index is -0.157. The van der Waals surface area contributed by atoms with E-state index in [4.69, 9.17) is 0 Å². The first kappa shape index (κ1) is 13.0. The van der Waals surface area contributed by atoms with E-state index in [1.165, 1.54) is 10.9 Å². The van der Waals surface area contributed by atoms with Crippen molar-refractivity contribution >= 4 is 5.82 Å². The Hall–Kier alpha value is -2.96. The lowest BCUT2D eigenvalue weighted by molar-refractivity contribution is 0.835. The van der Waals surface area contributed by atoms with E-state index < -0.39 is 0 Å². The molecule has 0 aliphatic heterocycles. The maximum absolute atomic E-state index is 11.9. The first-order valence-electron chi connectivity index (χ1n) is 6.44. The lowest BCUT2D eigenvalue weighted by Crippen LogP contribution is -2.22. The fraction of sp³-hybridized carbons (Fsp3) is 0.143. The third-order valence-corrected chi connectivity index (χ3v) is 3.12. The third kappa shape index (κ3) is 2.66. The van der Waals surface area contributed by atoms with E-state index in [1.807, 2.05) is 24.3 Å². The number of rotatable bonds is 4. The molecule has 21 heavy (non-hydrogen) atoms. The third-order valence-electron chi connectivity index (χ3n) is 3.12. The number of nitrogens with zero attached hydrogens (tertiary/aromatic N) is 5. The normalized spacial score (nSPS) is 10.5. The van der Waals surface area contributed by atoms with Crippen LogP contribution in [-0.2, 0) is 13.6 Å². The van der Waals surface area contributed by atoms with Gasteiger partial charge >= 0.3 is 0 Å². The molecule has 7 nitrogen and oxygen atoms in total. The van der Waals surface area contributed by atoms with Crippen LogP contribution in [0, 0.1) is 0 Å². The minimum Gasteiger partial charge on any atom is -0.361 e. The van der Waals surface area contributed by atoms with Gasteiger partial charge in [-0.1, -0.05) is 18.2 Å². The summed E-state index contributed by atoms with van der Waals surface area (Å²) in [4.78, 5) is 19.9. The Kier molecular flexibility index (Phi) is 3.46. The Labute approximate surface area is 120 Å². The van der Waals surface area contributed by atoms with Gasteiger partial charge in [-0.05, 0) is 11.6 Å². The molecule has 0 fully saturated rings. The molecule has 3 rings (SSSR count). The van der Waals surface area contributed by atoms with E-state index in [1.54, 1.807) is 30.5 Å². The van der Waals surface area contributed by atoms with Crippen LogP contribution in [-0.4, -0.2) is 24.3 Å². The SMILES string of the molecule is Cn1ccnc(NCc2ccccc2-n2cncn2)c1=O. The second kappa shape index (κ2) is 5.58. The van der Waals surface area contributed by atoms with Crippen LogP contribution in [0.15, 0.2) is 54.1 Å². The van der Waals surface area contributed by atoms with Crippen LogP contribution in [0.3, 0.4) is 0 Å². The first-order chi connectivity index (χ1) is 10.3. The summed E-state index contributed by atoms with van der Waals surface area (Å²) in [6.45, 7) is 0.474. The summed E-state index contributed by atoms with van der Waals surface area (Å²) >= 11 is 0. The van der Waals surface area contributed by atoms with Crippen LogP contribution in [0.4, 0.5) is 5.82 Å². The highest BCUT2D eigenvalue weighted by Gasteiger charge is 2.06. The molecular formula is C14H14N6O. The maximum Gasteiger partial charge on any atom is 0.293 e. The van der Waals surface area contributed by atoms with Crippen LogP contribution >= 0.6 is 0 Å². The number of hydrogen-bond donors (Lipinski definition) is 1. The summed E-state index contributed by atoms with van der Waals surface area (Å²) in [5, 5.41) is 7.20. The van der Waals surface area contributed by atoms with Crippen LogP contribution in [0.5, 0.6) is 0 Å². The zero-order chi connectivity index (χ0) is 14.7. The van der Waals surface area contributed by atoms with Crippen molar-refractivity contribution in [3.05, 3.63) is 65.2 Å². The van der Waals surface area contributed by atoms with Gasteiger partial charge in [-0.25, -0.2) is 14.6 Å². The molecule has 3 aromatic rings. The van der Waals surface area contributed by atoms with Gasteiger partial charge in [0, 0.05) is 26.0 Å². The smallest absolute Gasteiger partial charge is 0.293 e. The average molecular weight is 282 g/mol. The molecule has 1 N–H and O–H groups in total. The zero-order valence-electron chi connectivity index (χ0n) is 11.5. The summed E-state index contributed by atoms with van der Waals surface area (Å²) < 4.78 is 3.17. The number of para-hydroxylation sites is 1. The number of nitrogens with one attached hydrogen (secondary N) is 1. The standard InChI is InChI=1S/C14H14N6O/c1-19-7-6-16-13(14(19)21)17-8-11-4-2-3-5-12(11)20-10-15-9-18-20/h2-7,9-10H,8H2,1H3,(H,16,17). The van der Waals surface area contributed by atoms with Gasteiger partial charge in [-0.2, -0.15) is 5.10 Å². The maximum atomic E-state index is 11.9. The molecule has 0 saturated carbocycles. The summed E-state index contributed by atoms with van der Waals surface area (Å²) in [6, 6.07) is 7.79. The average Bonchev–Trinajstić information content (AvgIpc) is 3.03. The van der Waals surface area contributed by atoms with Gasteiger partial charge in [0.1, 0.15) is 12.7 Å². The van der Waals surface area contributed by atoms with E-state index in [9.17, 15) is 4.79 Å². The predicted octanol–water partition coefficient (Wildman–Crippen LogP) is 0.973. The van der Waals surface area contributed by atoms with Gasteiger partial charge in [0.05, 0.1) is 5.69 Å². The molecule has 0 aliphatic rings. The van der Waals surface area contributed by atoms with Crippen molar-refractivity contribution < 1.29 is 0 Å². The summed E-state index contributed by atoms with van der Waals surface area (Å²) in [6.07, 6.45) is 6.33. The van der Waals surface area contributed by atoms with Crippen LogP contribution < -0.4 is 10.9 Å². The Morgan fingerprint density at radius 3 is 2.95 bits per heavy atom. The molecule has 0 radical (unpaired) electrons. The number of anilines is 1. The molecule has 0 saturated heterocycles. The van der Waals surface area contributed by atoms with Crippen molar-refractivity contribution in [1.82, 2.24) is 24.3 Å². The van der Waals surface area contributed by atoms with Crippen molar-refractivity contribution in [3.63, 3.8) is 0 Å². The van der Waals surface area contributed by atoms with E-state index in [-0.39, 0.29) is 5.56 Å². The van der Waals surface area contributed by atoms with Crippen molar-refractivity contribution in [1.29, 1.82) is 0 Å². The van der Waals surface area contributed by atoms with Gasteiger partial charge in [0.15, 0.2) is 5.82 Å². The van der Waals surface area contributed by atoms with Gasteiger partial charge in [-0.15, -0.1) is 0 Å². The summed E-state index contributed by atoms with van der Waals surface area (Å²) in [7, 11) is 1.69. The van der Waals surface area contributed by atoms with E-state index in [2.05, 4.69) is 20.4 Å².